The summed E-state index contributed by atoms with van der Waals surface area (Å²) in [5, 5.41) is 12.5. The highest BCUT2D eigenvalue weighted by atomic mass is 19.2. The van der Waals surface area contributed by atoms with E-state index in [4.69, 9.17) is 5.73 Å². The molecule has 0 saturated heterocycles. The Morgan fingerprint density at radius 1 is 1.16 bits per heavy atom. The van der Waals surface area contributed by atoms with Crippen LogP contribution in [0, 0.1) is 29.9 Å². The summed E-state index contributed by atoms with van der Waals surface area (Å²) in [5.41, 5.74) is 7.75. The van der Waals surface area contributed by atoms with Crippen molar-refractivity contribution < 1.29 is 8.78 Å². The molecule has 0 aliphatic carbocycles. The summed E-state index contributed by atoms with van der Waals surface area (Å²) in [7, 11) is 0. The first kappa shape index (κ1) is 20.9. The van der Waals surface area contributed by atoms with Gasteiger partial charge in [0, 0.05) is 11.2 Å². The SMILES string of the molecule is Cc1cccc2cc([C@H](C)Nc3ncnc(N)c3C#N)c(-c3ccc(F)c(F)c3)c(=O)n12. The zero-order valence-electron chi connectivity index (χ0n) is 17.2. The normalized spacial score (nSPS) is 11.8. The number of nitriles is 1. The molecule has 9 heteroatoms. The van der Waals surface area contributed by atoms with Crippen molar-refractivity contribution in [1.29, 1.82) is 5.26 Å². The molecule has 3 N–H and O–H groups in total. The first-order chi connectivity index (χ1) is 15.3. The fourth-order valence-electron chi connectivity index (χ4n) is 3.68. The predicted octanol–water partition coefficient (Wildman–Crippen LogP) is 3.97. The Balaban J connectivity index is 1.96. The average Bonchev–Trinajstić information content (AvgIpc) is 2.76. The fraction of sp³-hybridized carbons (Fsp3) is 0.130. The second-order valence-corrected chi connectivity index (χ2v) is 7.30. The number of nitrogens with two attached hydrogens (primary N) is 1. The van der Waals surface area contributed by atoms with Gasteiger partial charge in [0.1, 0.15) is 29.6 Å². The van der Waals surface area contributed by atoms with E-state index in [1.54, 1.807) is 32.0 Å². The number of pyridine rings is 2. The number of rotatable bonds is 4. The van der Waals surface area contributed by atoms with E-state index in [9.17, 15) is 18.8 Å². The molecule has 32 heavy (non-hydrogen) atoms. The van der Waals surface area contributed by atoms with Gasteiger partial charge in [0.2, 0.25) is 0 Å². The lowest BCUT2D eigenvalue weighted by Crippen LogP contribution is -2.22. The number of hydrogen-bond acceptors (Lipinski definition) is 6. The van der Waals surface area contributed by atoms with E-state index in [-0.39, 0.29) is 33.9 Å². The van der Waals surface area contributed by atoms with Crippen LogP contribution in [0.4, 0.5) is 20.4 Å². The van der Waals surface area contributed by atoms with Crippen LogP contribution in [0.5, 0.6) is 0 Å². The van der Waals surface area contributed by atoms with E-state index in [1.807, 2.05) is 12.1 Å². The Hall–Kier alpha value is -4.32. The van der Waals surface area contributed by atoms with Crippen LogP contribution >= 0.6 is 0 Å². The number of benzene rings is 1. The zero-order chi connectivity index (χ0) is 23.0. The number of hydrogen-bond donors (Lipinski definition) is 2. The monoisotopic (exact) mass is 432 g/mol. The Kier molecular flexibility index (Phi) is 5.28. The Labute approximate surface area is 181 Å². The maximum atomic E-state index is 14.0. The first-order valence-electron chi connectivity index (χ1n) is 9.69. The molecule has 0 spiro atoms. The van der Waals surface area contributed by atoms with Crippen LogP contribution in [0.25, 0.3) is 16.6 Å². The van der Waals surface area contributed by atoms with Gasteiger partial charge < -0.3 is 11.1 Å². The van der Waals surface area contributed by atoms with Gasteiger partial charge in [-0.05, 0) is 55.3 Å². The Bertz CT molecular complexity index is 1460. The number of fused-ring (bicyclic) bond motifs is 1. The molecular formula is C23H18F2N6O. The third-order valence-electron chi connectivity index (χ3n) is 5.24. The number of nitrogens with zero attached hydrogens (tertiary/aromatic N) is 4. The van der Waals surface area contributed by atoms with Crippen LogP contribution in [-0.2, 0) is 0 Å². The highest BCUT2D eigenvalue weighted by Gasteiger charge is 2.21. The van der Waals surface area contributed by atoms with Crippen molar-refractivity contribution in [2.75, 3.05) is 11.1 Å². The van der Waals surface area contributed by atoms with E-state index in [1.165, 1.54) is 16.8 Å². The zero-order valence-corrected chi connectivity index (χ0v) is 17.2. The average molecular weight is 432 g/mol. The van der Waals surface area contributed by atoms with Gasteiger partial charge in [0.05, 0.1) is 11.6 Å². The molecule has 4 aromatic rings. The Morgan fingerprint density at radius 2 is 1.94 bits per heavy atom. The van der Waals surface area contributed by atoms with E-state index in [2.05, 4.69) is 15.3 Å². The molecule has 0 unspecified atom stereocenters. The van der Waals surface area contributed by atoms with Gasteiger partial charge in [-0.15, -0.1) is 0 Å². The molecule has 4 rings (SSSR count). The number of halogens is 2. The second kappa shape index (κ2) is 8.07. The summed E-state index contributed by atoms with van der Waals surface area (Å²) in [4.78, 5) is 21.4. The lowest BCUT2D eigenvalue weighted by Gasteiger charge is -2.21. The maximum Gasteiger partial charge on any atom is 0.263 e. The first-order valence-corrected chi connectivity index (χ1v) is 9.69. The van der Waals surface area contributed by atoms with Crippen molar-refractivity contribution in [2.24, 2.45) is 0 Å². The smallest absolute Gasteiger partial charge is 0.263 e. The van der Waals surface area contributed by atoms with Crippen LogP contribution in [0.15, 0.2) is 53.6 Å². The molecule has 0 saturated carbocycles. The van der Waals surface area contributed by atoms with Crippen LogP contribution in [-0.4, -0.2) is 14.4 Å². The summed E-state index contributed by atoms with van der Waals surface area (Å²) in [6.07, 6.45) is 1.22. The quantitative estimate of drug-likeness (QED) is 0.505. The van der Waals surface area contributed by atoms with Crippen molar-refractivity contribution in [3.63, 3.8) is 0 Å². The number of anilines is 2. The number of nitrogens with one attached hydrogen (secondary N) is 1. The van der Waals surface area contributed by atoms with Crippen molar-refractivity contribution in [3.05, 3.63) is 87.6 Å². The molecule has 0 amide bonds. The molecule has 3 aromatic heterocycles. The standard InChI is InChI=1S/C23H18F2N6O/c1-12-4-3-5-15-9-16(13(2)30-22-17(10-26)21(27)28-11-29-22)20(23(32)31(12)15)14-6-7-18(24)19(25)8-14/h3-9,11,13H,1-2H3,(H3,27,28,29,30)/t13-/m0/s1. The Morgan fingerprint density at radius 3 is 2.66 bits per heavy atom. The molecule has 0 aliphatic rings. The van der Waals surface area contributed by atoms with Crippen molar-refractivity contribution in [2.45, 2.75) is 19.9 Å². The third kappa shape index (κ3) is 3.52. The lowest BCUT2D eigenvalue weighted by atomic mass is 9.95. The number of aryl methyl sites for hydroxylation is 1. The number of nitrogen functional groups attached to an aromatic ring is 1. The molecule has 0 bridgehead atoms. The molecule has 1 aromatic carbocycles. The van der Waals surface area contributed by atoms with Gasteiger partial charge in [-0.25, -0.2) is 18.7 Å². The van der Waals surface area contributed by atoms with Gasteiger partial charge in [-0.3, -0.25) is 9.20 Å². The van der Waals surface area contributed by atoms with E-state index in [0.717, 1.165) is 12.1 Å². The predicted molar refractivity (Wildman–Crippen MR) is 117 cm³/mol. The summed E-state index contributed by atoms with van der Waals surface area (Å²) < 4.78 is 29.1. The van der Waals surface area contributed by atoms with Gasteiger partial charge in [0.15, 0.2) is 11.6 Å². The molecular weight excluding hydrogens is 414 g/mol. The second-order valence-electron chi connectivity index (χ2n) is 7.30. The maximum absolute atomic E-state index is 14.0. The highest BCUT2D eigenvalue weighted by Crippen LogP contribution is 2.31. The molecule has 0 fully saturated rings. The summed E-state index contributed by atoms with van der Waals surface area (Å²) in [6, 6.07) is 11.9. The number of aromatic nitrogens is 3. The third-order valence-corrected chi connectivity index (χ3v) is 5.24. The van der Waals surface area contributed by atoms with Crippen LogP contribution < -0.4 is 16.6 Å². The molecule has 3 heterocycles. The van der Waals surface area contributed by atoms with E-state index < -0.39 is 17.7 Å². The fourth-order valence-corrected chi connectivity index (χ4v) is 3.68. The van der Waals surface area contributed by atoms with Crippen molar-refractivity contribution in [3.8, 4) is 17.2 Å². The summed E-state index contributed by atoms with van der Waals surface area (Å²) >= 11 is 0. The van der Waals surface area contributed by atoms with Crippen LogP contribution in [0.2, 0.25) is 0 Å². The topological polar surface area (TPSA) is 109 Å². The molecule has 0 aliphatic heterocycles. The highest BCUT2D eigenvalue weighted by molar-refractivity contribution is 5.72. The largest absolute Gasteiger partial charge is 0.382 e. The summed E-state index contributed by atoms with van der Waals surface area (Å²) in [6.45, 7) is 3.55. The van der Waals surface area contributed by atoms with Gasteiger partial charge in [-0.1, -0.05) is 12.1 Å². The van der Waals surface area contributed by atoms with Gasteiger partial charge in [0.25, 0.3) is 5.56 Å². The van der Waals surface area contributed by atoms with E-state index >= 15 is 0 Å². The summed E-state index contributed by atoms with van der Waals surface area (Å²) in [5.74, 6) is -1.84. The van der Waals surface area contributed by atoms with Crippen LogP contribution in [0.3, 0.4) is 0 Å². The van der Waals surface area contributed by atoms with Gasteiger partial charge in [-0.2, -0.15) is 5.26 Å². The molecule has 7 nitrogen and oxygen atoms in total. The minimum absolute atomic E-state index is 0.0206. The van der Waals surface area contributed by atoms with E-state index in [0.29, 0.717) is 16.8 Å². The van der Waals surface area contributed by atoms with Crippen LogP contribution in [0.1, 0.15) is 29.8 Å². The minimum atomic E-state index is -1.06. The van der Waals surface area contributed by atoms with Gasteiger partial charge >= 0.3 is 0 Å². The lowest BCUT2D eigenvalue weighted by molar-refractivity contribution is 0.509. The molecule has 160 valence electrons. The minimum Gasteiger partial charge on any atom is -0.382 e. The van der Waals surface area contributed by atoms with Crippen molar-refractivity contribution >= 4 is 17.2 Å². The van der Waals surface area contributed by atoms with Crippen molar-refractivity contribution in [1.82, 2.24) is 14.4 Å². The molecule has 1 atom stereocenters. The molecule has 0 radical (unpaired) electrons.